The lowest BCUT2D eigenvalue weighted by Crippen LogP contribution is -2.39. The maximum atomic E-state index is 13.4. The molecule has 7 heteroatoms. The van der Waals surface area contributed by atoms with E-state index in [1.807, 2.05) is 48.1 Å². The number of carbonyl (C=O) groups is 1. The third-order valence-electron chi connectivity index (χ3n) is 5.71. The van der Waals surface area contributed by atoms with Gasteiger partial charge in [-0.05, 0) is 64.2 Å². The number of hydrogen-bond acceptors (Lipinski definition) is 5. The van der Waals surface area contributed by atoms with Crippen molar-refractivity contribution in [2.75, 3.05) is 6.54 Å². The molecule has 1 aliphatic heterocycles. The van der Waals surface area contributed by atoms with E-state index in [2.05, 4.69) is 28.9 Å². The van der Waals surface area contributed by atoms with Crippen LogP contribution in [-0.4, -0.2) is 42.1 Å². The van der Waals surface area contributed by atoms with E-state index in [0.29, 0.717) is 17.9 Å². The molecule has 4 rings (SSSR count). The number of rotatable bonds is 4. The van der Waals surface area contributed by atoms with Crippen molar-refractivity contribution in [3.63, 3.8) is 0 Å². The highest BCUT2D eigenvalue weighted by Gasteiger charge is 2.32. The molecule has 0 radical (unpaired) electrons. The number of amides is 1. The lowest BCUT2D eigenvalue weighted by molar-refractivity contribution is 0.0606. The van der Waals surface area contributed by atoms with Crippen molar-refractivity contribution < 1.29 is 4.79 Å². The molecule has 4 heterocycles. The minimum atomic E-state index is -0.0853. The summed E-state index contributed by atoms with van der Waals surface area (Å²) in [7, 11) is 0. The highest BCUT2D eigenvalue weighted by Crippen LogP contribution is 2.37. The molecule has 7 nitrogen and oxygen atoms in total. The van der Waals surface area contributed by atoms with Gasteiger partial charge < -0.3 is 4.90 Å². The van der Waals surface area contributed by atoms with Crippen molar-refractivity contribution in [3.8, 4) is 11.1 Å². The number of hydrogen-bond donors (Lipinski definition) is 0. The Morgan fingerprint density at radius 2 is 1.97 bits per heavy atom. The van der Waals surface area contributed by atoms with Gasteiger partial charge >= 0.3 is 0 Å². The topological polar surface area (TPSA) is 76.8 Å². The Kier molecular flexibility index (Phi) is 5.61. The van der Waals surface area contributed by atoms with Gasteiger partial charge in [-0.2, -0.15) is 5.10 Å². The molecule has 156 valence electrons. The number of nitrogens with zero attached hydrogens (tertiary/aromatic N) is 6. The highest BCUT2D eigenvalue weighted by molar-refractivity contribution is 5.94. The molecule has 0 aromatic carbocycles. The predicted octanol–water partition coefficient (Wildman–Crippen LogP) is 4.30. The summed E-state index contributed by atoms with van der Waals surface area (Å²) in [5.41, 5.74) is 4.65. The Morgan fingerprint density at radius 1 is 1.13 bits per heavy atom. The number of aromatic nitrogens is 5. The average molecular weight is 405 g/mol. The van der Waals surface area contributed by atoms with Crippen molar-refractivity contribution in [2.24, 2.45) is 0 Å². The van der Waals surface area contributed by atoms with Gasteiger partial charge in [-0.25, -0.2) is 9.97 Å². The van der Waals surface area contributed by atoms with Crippen molar-refractivity contribution in [1.29, 1.82) is 0 Å². The number of piperidine rings is 1. The summed E-state index contributed by atoms with van der Waals surface area (Å²) >= 11 is 0. The molecule has 1 aliphatic rings. The summed E-state index contributed by atoms with van der Waals surface area (Å²) in [5, 5.41) is 4.36. The van der Waals surface area contributed by atoms with Gasteiger partial charge in [0.05, 0.1) is 23.5 Å². The van der Waals surface area contributed by atoms with E-state index in [0.717, 1.165) is 41.6 Å². The molecule has 0 N–H and O–H groups in total. The Labute approximate surface area is 177 Å². The monoisotopic (exact) mass is 404 g/mol. The number of aryl methyl sites for hydroxylation is 2. The minimum Gasteiger partial charge on any atom is -0.330 e. The first-order valence-corrected chi connectivity index (χ1v) is 10.6. The van der Waals surface area contributed by atoms with Crippen LogP contribution in [0.15, 0.2) is 37.1 Å². The van der Waals surface area contributed by atoms with E-state index >= 15 is 0 Å². The highest BCUT2D eigenvalue weighted by atomic mass is 16.2. The van der Waals surface area contributed by atoms with Crippen LogP contribution in [0.25, 0.3) is 11.1 Å². The van der Waals surface area contributed by atoms with Gasteiger partial charge in [0.1, 0.15) is 5.82 Å². The lowest BCUT2D eigenvalue weighted by Gasteiger charge is -2.36. The largest absolute Gasteiger partial charge is 0.330 e. The standard InChI is InChI=1S/C23H28N6O/c1-15(2)29-14-18(12-26-29)23(30)28-10-6-5-7-21(28)22-20(13-25-17(4)27-22)19-8-9-24-11-16(19)3/h8-9,11-15,21H,5-7,10H2,1-4H3. The minimum absolute atomic E-state index is 0.0141. The SMILES string of the molecule is Cc1ncc(-c2ccncc2C)c(C2CCCCN2C(=O)c2cnn(C(C)C)c2)n1. The van der Waals surface area contributed by atoms with Crippen molar-refractivity contribution >= 4 is 5.91 Å². The zero-order valence-corrected chi connectivity index (χ0v) is 18.0. The fourth-order valence-electron chi connectivity index (χ4n) is 4.08. The molecule has 0 spiro atoms. The summed E-state index contributed by atoms with van der Waals surface area (Å²) < 4.78 is 1.83. The van der Waals surface area contributed by atoms with Crippen LogP contribution < -0.4 is 0 Å². The van der Waals surface area contributed by atoms with Crippen LogP contribution in [0.4, 0.5) is 0 Å². The van der Waals surface area contributed by atoms with E-state index in [9.17, 15) is 4.79 Å². The molecule has 1 atom stereocenters. The quantitative estimate of drug-likeness (QED) is 0.648. The van der Waals surface area contributed by atoms with E-state index in [1.54, 1.807) is 12.4 Å². The summed E-state index contributed by atoms with van der Waals surface area (Å²) in [5.74, 6) is 0.728. The van der Waals surface area contributed by atoms with Crippen LogP contribution in [0.5, 0.6) is 0 Å². The molecule has 0 aliphatic carbocycles. The second-order valence-corrected chi connectivity index (χ2v) is 8.22. The van der Waals surface area contributed by atoms with Gasteiger partial charge in [-0.15, -0.1) is 0 Å². The molecule has 1 amide bonds. The molecule has 30 heavy (non-hydrogen) atoms. The average Bonchev–Trinajstić information content (AvgIpc) is 3.24. The van der Waals surface area contributed by atoms with Crippen molar-refractivity contribution in [3.05, 3.63) is 59.7 Å². The third kappa shape index (κ3) is 3.84. The van der Waals surface area contributed by atoms with Gasteiger partial charge in [-0.1, -0.05) is 0 Å². The van der Waals surface area contributed by atoms with Crippen molar-refractivity contribution in [1.82, 2.24) is 29.6 Å². The number of pyridine rings is 1. The summed E-state index contributed by atoms with van der Waals surface area (Å²) in [4.78, 5) is 28.9. The van der Waals surface area contributed by atoms with E-state index in [-0.39, 0.29) is 18.0 Å². The molecule has 0 bridgehead atoms. The Hall–Kier alpha value is -3.09. The van der Waals surface area contributed by atoms with Crippen LogP contribution in [0, 0.1) is 13.8 Å². The Balaban J connectivity index is 1.75. The number of likely N-dealkylation sites (tertiary alicyclic amines) is 1. The second-order valence-electron chi connectivity index (χ2n) is 8.22. The summed E-state index contributed by atoms with van der Waals surface area (Å²) in [6.45, 7) is 8.76. The fourth-order valence-corrected chi connectivity index (χ4v) is 4.08. The molecule has 0 saturated carbocycles. The molecule has 1 unspecified atom stereocenters. The van der Waals surface area contributed by atoms with Crippen LogP contribution >= 0.6 is 0 Å². The molecular weight excluding hydrogens is 376 g/mol. The van der Waals surface area contributed by atoms with Gasteiger partial charge in [0.15, 0.2) is 0 Å². The Bertz CT molecular complexity index is 1060. The first-order chi connectivity index (χ1) is 14.5. The van der Waals surface area contributed by atoms with E-state index in [4.69, 9.17) is 4.98 Å². The molecule has 1 saturated heterocycles. The third-order valence-corrected chi connectivity index (χ3v) is 5.71. The van der Waals surface area contributed by atoms with Crippen LogP contribution in [0.1, 0.15) is 72.6 Å². The van der Waals surface area contributed by atoms with Crippen LogP contribution in [0.3, 0.4) is 0 Å². The predicted molar refractivity (Wildman–Crippen MR) is 115 cm³/mol. The fraction of sp³-hybridized carbons (Fsp3) is 0.435. The number of carbonyl (C=O) groups excluding carboxylic acids is 1. The first kappa shape index (κ1) is 20.2. The molecular formula is C23H28N6O. The van der Waals surface area contributed by atoms with Crippen LogP contribution in [0.2, 0.25) is 0 Å². The lowest BCUT2D eigenvalue weighted by atomic mass is 9.92. The maximum absolute atomic E-state index is 13.4. The normalized spacial score (nSPS) is 16.8. The van der Waals surface area contributed by atoms with Gasteiger partial charge in [-0.3, -0.25) is 14.5 Å². The summed E-state index contributed by atoms with van der Waals surface area (Å²) in [6, 6.07) is 2.13. The van der Waals surface area contributed by atoms with E-state index < -0.39 is 0 Å². The van der Waals surface area contributed by atoms with Crippen molar-refractivity contribution in [2.45, 2.75) is 59.0 Å². The van der Waals surface area contributed by atoms with Gasteiger partial charge in [0.2, 0.25) is 0 Å². The molecule has 3 aromatic heterocycles. The maximum Gasteiger partial charge on any atom is 0.257 e. The molecule has 1 fully saturated rings. The van der Waals surface area contributed by atoms with Gasteiger partial charge in [0, 0.05) is 42.9 Å². The second kappa shape index (κ2) is 8.34. The van der Waals surface area contributed by atoms with Gasteiger partial charge in [0.25, 0.3) is 5.91 Å². The Morgan fingerprint density at radius 3 is 2.70 bits per heavy atom. The smallest absolute Gasteiger partial charge is 0.257 e. The van der Waals surface area contributed by atoms with E-state index in [1.165, 1.54) is 0 Å². The van der Waals surface area contributed by atoms with Crippen LogP contribution in [-0.2, 0) is 0 Å². The first-order valence-electron chi connectivity index (χ1n) is 10.6. The molecule has 3 aromatic rings. The summed E-state index contributed by atoms with van der Waals surface area (Å²) in [6.07, 6.45) is 12.0. The zero-order chi connectivity index (χ0) is 21.3. The zero-order valence-electron chi connectivity index (χ0n) is 18.0.